The highest BCUT2D eigenvalue weighted by molar-refractivity contribution is 5.94. The normalized spacial score (nSPS) is 17.2. The Hall–Kier alpha value is -4.73. The summed E-state index contributed by atoms with van der Waals surface area (Å²) in [5.41, 5.74) is 10.6. The van der Waals surface area contributed by atoms with Crippen LogP contribution in [0, 0.1) is 13.8 Å². The number of aromatic nitrogens is 4. The van der Waals surface area contributed by atoms with Crippen molar-refractivity contribution in [1.29, 1.82) is 0 Å². The molecule has 5 rings (SSSR count). The Bertz CT molecular complexity index is 2020. The van der Waals surface area contributed by atoms with Crippen LogP contribution >= 0.6 is 0 Å². The second kappa shape index (κ2) is 15.7. The number of aromatic amines is 2. The zero-order valence-corrected chi connectivity index (χ0v) is 31.2. The molecule has 0 aromatic carbocycles. The van der Waals surface area contributed by atoms with Crippen LogP contribution in [0.25, 0.3) is 33.2 Å². The lowest BCUT2D eigenvalue weighted by atomic mass is 9.70. The Morgan fingerprint density at radius 3 is 2.20 bits per heavy atom. The molecular weight excluding hydrogens is 642 g/mol. The van der Waals surface area contributed by atoms with Gasteiger partial charge in [0, 0.05) is 78.1 Å². The first-order valence-electron chi connectivity index (χ1n) is 18.3. The van der Waals surface area contributed by atoms with Crippen molar-refractivity contribution in [3.8, 4) is 0 Å². The van der Waals surface area contributed by atoms with Crippen LogP contribution in [0.15, 0.2) is 30.3 Å². The SMILES string of the molecule is CCCCCCC[C@@H]1c2cc3[nH]c(cc4nc(cc5[nH]c(cc(n2)[C@]1(C)CC(=O)N(C)C)cc5C)C(C)=C4CCC(=O)O)c(CCC(=O)O)c3C. The predicted molar refractivity (Wildman–Crippen MR) is 203 cm³/mol. The van der Waals surface area contributed by atoms with Gasteiger partial charge in [0.05, 0.1) is 11.4 Å². The van der Waals surface area contributed by atoms with Crippen molar-refractivity contribution in [3.63, 3.8) is 0 Å². The van der Waals surface area contributed by atoms with Gasteiger partial charge in [-0.3, -0.25) is 19.4 Å². The molecule has 0 fully saturated rings. The van der Waals surface area contributed by atoms with Crippen LogP contribution in [-0.2, 0) is 26.2 Å². The fourth-order valence-corrected chi connectivity index (χ4v) is 7.62. The quantitative estimate of drug-likeness (QED) is 0.123. The molecule has 0 saturated heterocycles. The number of unbranched alkanes of at least 4 members (excludes halogenated alkanes) is 4. The summed E-state index contributed by atoms with van der Waals surface area (Å²) in [4.78, 5) is 56.1. The van der Waals surface area contributed by atoms with Gasteiger partial charge in [-0.1, -0.05) is 46.0 Å². The first-order valence-corrected chi connectivity index (χ1v) is 18.3. The van der Waals surface area contributed by atoms with Crippen molar-refractivity contribution < 1.29 is 24.6 Å². The molecule has 0 spiro atoms. The van der Waals surface area contributed by atoms with Crippen molar-refractivity contribution in [3.05, 3.63) is 69.8 Å². The van der Waals surface area contributed by atoms with E-state index in [-0.39, 0.29) is 24.7 Å². The van der Waals surface area contributed by atoms with Crippen LogP contribution in [0.1, 0.15) is 130 Å². The van der Waals surface area contributed by atoms with Crippen LogP contribution in [0.2, 0.25) is 0 Å². The van der Waals surface area contributed by atoms with Gasteiger partial charge >= 0.3 is 11.9 Å². The van der Waals surface area contributed by atoms with Crippen LogP contribution in [0.4, 0.5) is 0 Å². The van der Waals surface area contributed by atoms with Crippen LogP contribution in [-0.4, -0.2) is 67.0 Å². The number of aryl methyl sites for hydroxylation is 3. The number of amides is 1. The molecule has 10 heteroatoms. The van der Waals surface area contributed by atoms with Crippen molar-refractivity contribution in [1.82, 2.24) is 24.8 Å². The molecule has 1 amide bonds. The molecule has 0 saturated carbocycles. The zero-order valence-electron chi connectivity index (χ0n) is 31.2. The van der Waals surface area contributed by atoms with Gasteiger partial charge in [0.2, 0.25) is 5.91 Å². The highest BCUT2D eigenvalue weighted by Crippen LogP contribution is 2.48. The minimum atomic E-state index is -0.883. The Morgan fingerprint density at radius 2 is 1.51 bits per heavy atom. The molecule has 51 heavy (non-hydrogen) atoms. The number of allylic oxidation sites excluding steroid dienone is 2. The highest BCUT2D eigenvalue weighted by atomic mass is 16.4. The summed E-state index contributed by atoms with van der Waals surface area (Å²) in [5, 5.41) is 19.2. The van der Waals surface area contributed by atoms with E-state index in [0.717, 1.165) is 86.2 Å². The van der Waals surface area contributed by atoms with Gasteiger partial charge in [0.25, 0.3) is 0 Å². The van der Waals surface area contributed by atoms with E-state index >= 15 is 0 Å². The van der Waals surface area contributed by atoms with E-state index in [1.807, 2.05) is 32.9 Å². The maximum atomic E-state index is 13.5. The van der Waals surface area contributed by atoms with Crippen LogP contribution in [0.3, 0.4) is 0 Å². The molecule has 8 bridgehead atoms. The van der Waals surface area contributed by atoms with E-state index in [1.165, 1.54) is 19.3 Å². The molecule has 0 radical (unpaired) electrons. The van der Waals surface area contributed by atoms with Gasteiger partial charge in [-0.05, 0) is 98.2 Å². The first-order chi connectivity index (χ1) is 24.2. The van der Waals surface area contributed by atoms with Gasteiger partial charge in [-0.15, -0.1) is 0 Å². The standard InChI is InChI=1S/C41H53N5O5/c1-8-9-10-11-12-13-30-36-21-33-26(4)29(15-17-40(50)51)35(44-33)22-34-28(14-16-39(48)49)25(3)32(43-34)20-31-24(2)18-27(42-31)19-37(45-36)41(30,5)23-38(47)46(6)7/h18-22,30,42,44H,8-17,23H2,1-7H3,(H,48,49)(H,50,51)/t30-,41-/m1/s1. The molecule has 2 aliphatic rings. The van der Waals surface area contributed by atoms with E-state index in [2.05, 4.69) is 42.0 Å². The predicted octanol–water partition coefficient (Wildman–Crippen LogP) is 8.62. The fraction of sp³-hybridized carbons (Fsp3) is 0.488. The number of aliphatic carboxylic acids is 2. The summed E-state index contributed by atoms with van der Waals surface area (Å²) >= 11 is 0. The van der Waals surface area contributed by atoms with Gasteiger partial charge in [-0.25, -0.2) is 4.98 Å². The summed E-state index contributed by atoms with van der Waals surface area (Å²) in [6.07, 6.45) is 7.43. The number of H-pyrrole nitrogens is 2. The second-order valence-electron chi connectivity index (χ2n) is 14.8. The second-order valence-corrected chi connectivity index (χ2v) is 14.8. The summed E-state index contributed by atoms with van der Waals surface area (Å²) in [6.45, 7) is 10.4. The molecular formula is C41H53N5O5. The van der Waals surface area contributed by atoms with Gasteiger partial charge in [0.15, 0.2) is 0 Å². The fourth-order valence-electron chi connectivity index (χ4n) is 7.62. The number of carboxylic acid groups (broad SMARTS) is 2. The Kier molecular flexibility index (Phi) is 11.5. The number of hydrogen-bond donors (Lipinski definition) is 4. The van der Waals surface area contributed by atoms with Gasteiger partial charge in [-0.2, -0.15) is 0 Å². The number of nitrogens with zero attached hydrogens (tertiary/aromatic N) is 3. The third kappa shape index (κ3) is 8.26. The topological polar surface area (TPSA) is 152 Å². The summed E-state index contributed by atoms with van der Waals surface area (Å²) in [7, 11) is 3.60. The maximum Gasteiger partial charge on any atom is 0.303 e. The lowest BCUT2D eigenvalue weighted by Gasteiger charge is -2.32. The smallest absolute Gasteiger partial charge is 0.303 e. The van der Waals surface area contributed by atoms with Crippen LogP contribution < -0.4 is 0 Å². The monoisotopic (exact) mass is 695 g/mol. The largest absolute Gasteiger partial charge is 0.481 e. The van der Waals surface area contributed by atoms with Crippen molar-refractivity contribution >= 4 is 51.1 Å². The molecule has 5 heterocycles. The summed E-state index contributed by atoms with van der Waals surface area (Å²) < 4.78 is 0. The van der Waals surface area contributed by atoms with Crippen molar-refractivity contribution in [2.75, 3.05) is 14.1 Å². The Balaban J connectivity index is 1.84. The number of carbonyl (C=O) groups excluding carboxylic acids is 1. The molecule has 3 aromatic heterocycles. The molecule has 2 aliphatic heterocycles. The minimum absolute atomic E-state index is 0.0196. The number of hydrogen-bond acceptors (Lipinski definition) is 5. The van der Waals surface area contributed by atoms with E-state index in [9.17, 15) is 24.6 Å². The zero-order chi connectivity index (χ0) is 37.0. The van der Waals surface area contributed by atoms with E-state index in [0.29, 0.717) is 25.0 Å². The minimum Gasteiger partial charge on any atom is -0.481 e. The molecule has 2 atom stereocenters. The molecule has 272 valence electrons. The lowest BCUT2D eigenvalue weighted by molar-refractivity contribution is -0.137. The summed E-state index contributed by atoms with van der Waals surface area (Å²) in [5.74, 6) is -1.73. The van der Waals surface area contributed by atoms with E-state index in [4.69, 9.17) is 9.97 Å². The number of rotatable bonds is 14. The highest BCUT2D eigenvalue weighted by Gasteiger charge is 2.44. The average molecular weight is 696 g/mol. The third-order valence-corrected chi connectivity index (χ3v) is 10.8. The maximum absolute atomic E-state index is 13.5. The Morgan fingerprint density at radius 1 is 0.824 bits per heavy atom. The number of nitrogens with one attached hydrogen (secondary N) is 2. The third-order valence-electron chi connectivity index (χ3n) is 10.8. The van der Waals surface area contributed by atoms with Crippen molar-refractivity contribution in [2.24, 2.45) is 0 Å². The molecule has 0 unspecified atom stereocenters. The molecule has 4 N–H and O–H groups in total. The molecule has 3 aromatic rings. The van der Waals surface area contributed by atoms with E-state index < -0.39 is 17.4 Å². The average Bonchev–Trinajstić information content (AvgIpc) is 3.72. The number of carbonyl (C=O) groups is 3. The lowest BCUT2D eigenvalue weighted by Crippen LogP contribution is -2.34. The van der Waals surface area contributed by atoms with E-state index in [1.54, 1.807) is 19.0 Å². The van der Waals surface area contributed by atoms with Gasteiger partial charge in [0.1, 0.15) is 0 Å². The van der Waals surface area contributed by atoms with Crippen LogP contribution in [0.5, 0.6) is 0 Å². The number of fused-ring (bicyclic) bond motifs is 8. The molecule has 0 aliphatic carbocycles. The molecule has 10 nitrogen and oxygen atoms in total. The Labute approximate surface area is 300 Å². The first kappa shape index (κ1) is 37.5. The van der Waals surface area contributed by atoms with Gasteiger partial charge < -0.3 is 25.1 Å². The van der Waals surface area contributed by atoms with Crippen molar-refractivity contribution in [2.45, 2.75) is 117 Å². The number of carboxylic acids is 2. The summed E-state index contributed by atoms with van der Waals surface area (Å²) in [6, 6.07) is 10.2.